The van der Waals surface area contributed by atoms with Crippen molar-refractivity contribution in [2.45, 2.75) is 25.6 Å². The van der Waals surface area contributed by atoms with Crippen LogP contribution >= 0.6 is 0 Å². The van der Waals surface area contributed by atoms with Crippen molar-refractivity contribution < 1.29 is 0 Å². The van der Waals surface area contributed by atoms with Crippen molar-refractivity contribution >= 4 is 0 Å². The molecule has 104 valence electrons. The molecule has 0 aromatic heterocycles. The minimum Gasteiger partial charge on any atom is -0.307 e. The lowest BCUT2D eigenvalue weighted by molar-refractivity contribution is 0.133. The monoisotopic (exact) mass is 266 g/mol. The summed E-state index contributed by atoms with van der Waals surface area (Å²) in [4.78, 5) is 2.57. The van der Waals surface area contributed by atoms with Crippen LogP contribution in [0.25, 0.3) is 0 Å². The molecule has 0 amide bonds. The van der Waals surface area contributed by atoms with Crippen LogP contribution in [0, 0.1) is 0 Å². The van der Waals surface area contributed by atoms with Crippen LogP contribution in [0.3, 0.4) is 0 Å². The molecule has 3 rings (SSSR count). The molecule has 0 bridgehead atoms. The highest BCUT2D eigenvalue weighted by molar-refractivity contribution is 5.21. The maximum Gasteiger partial charge on any atom is 0.0450 e. The molecular formula is C18H22N2. The Balaban J connectivity index is 1.71. The van der Waals surface area contributed by atoms with Crippen LogP contribution in [0.1, 0.15) is 24.1 Å². The molecule has 2 atom stereocenters. The summed E-state index contributed by atoms with van der Waals surface area (Å²) in [6.07, 6.45) is 0. The number of hydrogen-bond acceptors (Lipinski definition) is 2. The molecule has 0 saturated carbocycles. The van der Waals surface area contributed by atoms with Gasteiger partial charge in [-0.25, -0.2) is 0 Å². The summed E-state index contributed by atoms with van der Waals surface area (Å²) in [6, 6.07) is 22.5. The van der Waals surface area contributed by atoms with E-state index in [-0.39, 0.29) is 0 Å². The standard InChI is InChI=1S/C18H22N2/c1-15-12-19-18(17-10-6-3-7-11-17)14-20(15)13-16-8-4-2-5-9-16/h2-11,15,18-19H,12-14H2,1H3/t15-,18?/m1/s1. The van der Waals surface area contributed by atoms with E-state index >= 15 is 0 Å². The van der Waals surface area contributed by atoms with Crippen molar-refractivity contribution in [2.24, 2.45) is 0 Å². The highest BCUT2D eigenvalue weighted by Gasteiger charge is 2.25. The second-order valence-electron chi connectivity index (χ2n) is 5.64. The Morgan fingerprint density at radius 2 is 1.65 bits per heavy atom. The molecule has 1 heterocycles. The van der Waals surface area contributed by atoms with Gasteiger partial charge in [-0.05, 0) is 18.1 Å². The Bertz CT molecular complexity index is 524. The summed E-state index contributed by atoms with van der Waals surface area (Å²) in [6.45, 7) is 5.46. The maximum absolute atomic E-state index is 3.66. The van der Waals surface area contributed by atoms with Gasteiger partial charge in [0.2, 0.25) is 0 Å². The van der Waals surface area contributed by atoms with E-state index in [1.807, 2.05) is 0 Å². The van der Waals surface area contributed by atoms with Crippen LogP contribution < -0.4 is 5.32 Å². The number of piperazine rings is 1. The van der Waals surface area contributed by atoms with Gasteiger partial charge in [0.25, 0.3) is 0 Å². The average molecular weight is 266 g/mol. The van der Waals surface area contributed by atoms with Gasteiger partial charge in [-0.3, -0.25) is 4.90 Å². The Morgan fingerprint density at radius 3 is 2.35 bits per heavy atom. The average Bonchev–Trinajstić information content (AvgIpc) is 2.51. The lowest BCUT2D eigenvalue weighted by Crippen LogP contribution is -2.50. The van der Waals surface area contributed by atoms with Crippen LogP contribution in [-0.4, -0.2) is 24.0 Å². The van der Waals surface area contributed by atoms with Crippen molar-refractivity contribution in [1.29, 1.82) is 0 Å². The highest BCUT2D eigenvalue weighted by Crippen LogP contribution is 2.21. The summed E-state index contributed by atoms with van der Waals surface area (Å²) >= 11 is 0. The van der Waals surface area contributed by atoms with Crippen LogP contribution in [0.15, 0.2) is 60.7 Å². The van der Waals surface area contributed by atoms with E-state index in [1.54, 1.807) is 0 Å². The maximum atomic E-state index is 3.66. The second-order valence-corrected chi connectivity index (χ2v) is 5.64. The topological polar surface area (TPSA) is 15.3 Å². The minimum atomic E-state index is 0.441. The molecule has 1 aliphatic rings. The molecule has 1 fully saturated rings. The smallest absolute Gasteiger partial charge is 0.0450 e. The van der Waals surface area contributed by atoms with Crippen molar-refractivity contribution in [1.82, 2.24) is 10.2 Å². The van der Waals surface area contributed by atoms with Crippen molar-refractivity contribution in [3.8, 4) is 0 Å². The number of rotatable bonds is 3. The fourth-order valence-electron chi connectivity index (χ4n) is 2.87. The molecule has 1 saturated heterocycles. The van der Waals surface area contributed by atoms with Crippen LogP contribution in [0.4, 0.5) is 0 Å². The van der Waals surface area contributed by atoms with E-state index < -0.39 is 0 Å². The molecule has 1 aliphatic heterocycles. The van der Waals surface area contributed by atoms with Gasteiger partial charge in [0.1, 0.15) is 0 Å². The molecule has 0 radical (unpaired) electrons. The zero-order valence-corrected chi connectivity index (χ0v) is 12.0. The second kappa shape index (κ2) is 6.21. The molecular weight excluding hydrogens is 244 g/mol. The van der Waals surface area contributed by atoms with Crippen molar-refractivity contribution in [3.05, 3.63) is 71.8 Å². The SMILES string of the molecule is C[C@@H]1CNC(c2ccccc2)CN1Cc1ccccc1. The van der Waals surface area contributed by atoms with Crippen LogP contribution in [0.5, 0.6) is 0 Å². The predicted octanol–water partition coefficient (Wildman–Crippen LogP) is 3.22. The van der Waals surface area contributed by atoms with Gasteiger partial charge in [-0.15, -0.1) is 0 Å². The fourth-order valence-corrected chi connectivity index (χ4v) is 2.87. The lowest BCUT2D eigenvalue weighted by Gasteiger charge is -2.39. The quantitative estimate of drug-likeness (QED) is 0.917. The first-order chi connectivity index (χ1) is 9.83. The molecule has 2 aromatic carbocycles. The van der Waals surface area contributed by atoms with Crippen LogP contribution in [-0.2, 0) is 6.54 Å². The summed E-state index contributed by atoms with van der Waals surface area (Å²) in [5.41, 5.74) is 2.78. The summed E-state index contributed by atoms with van der Waals surface area (Å²) < 4.78 is 0. The van der Waals surface area contributed by atoms with Gasteiger partial charge in [-0.2, -0.15) is 0 Å². The number of nitrogens with one attached hydrogen (secondary N) is 1. The first kappa shape index (κ1) is 13.3. The van der Waals surface area contributed by atoms with Crippen molar-refractivity contribution in [2.75, 3.05) is 13.1 Å². The van der Waals surface area contributed by atoms with E-state index in [9.17, 15) is 0 Å². The van der Waals surface area contributed by atoms with Crippen LogP contribution in [0.2, 0.25) is 0 Å². The minimum absolute atomic E-state index is 0.441. The number of benzene rings is 2. The van der Waals surface area contributed by atoms with Gasteiger partial charge in [-0.1, -0.05) is 60.7 Å². The molecule has 1 unspecified atom stereocenters. The third kappa shape index (κ3) is 3.09. The molecule has 2 nitrogen and oxygen atoms in total. The molecule has 20 heavy (non-hydrogen) atoms. The lowest BCUT2D eigenvalue weighted by atomic mass is 10.0. The predicted molar refractivity (Wildman–Crippen MR) is 83.5 cm³/mol. The van der Waals surface area contributed by atoms with Gasteiger partial charge in [0.15, 0.2) is 0 Å². The van der Waals surface area contributed by atoms with Gasteiger partial charge >= 0.3 is 0 Å². The molecule has 2 aromatic rings. The Kier molecular flexibility index (Phi) is 4.14. The Morgan fingerprint density at radius 1 is 1.00 bits per heavy atom. The first-order valence-corrected chi connectivity index (χ1v) is 7.39. The van der Waals surface area contributed by atoms with E-state index in [4.69, 9.17) is 0 Å². The van der Waals surface area contributed by atoms with E-state index in [2.05, 4.69) is 77.8 Å². The first-order valence-electron chi connectivity index (χ1n) is 7.39. The third-order valence-electron chi connectivity index (χ3n) is 4.13. The largest absolute Gasteiger partial charge is 0.307 e. The fraction of sp³-hybridized carbons (Fsp3) is 0.333. The number of nitrogens with zero attached hydrogens (tertiary/aromatic N) is 1. The van der Waals surface area contributed by atoms with Gasteiger partial charge in [0.05, 0.1) is 0 Å². The van der Waals surface area contributed by atoms with Crippen molar-refractivity contribution in [3.63, 3.8) is 0 Å². The summed E-state index contributed by atoms with van der Waals surface area (Å²) in [5.74, 6) is 0. The molecule has 0 aliphatic carbocycles. The molecule has 2 heteroatoms. The highest BCUT2D eigenvalue weighted by atomic mass is 15.2. The van der Waals surface area contributed by atoms with E-state index in [0.717, 1.165) is 19.6 Å². The molecule has 0 spiro atoms. The van der Waals surface area contributed by atoms with Gasteiger partial charge < -0.3 is 5.32 Å². The van der Waals surface area contributed by atoms with Gasteiger partial charge in [0, 0.05) is 31.7 Å². The zero-order chi connectivity index (χ0) is 13.8. The summed E-state index contributed by atoms with van der Waals surface area (Å²) in [7, 11) is 0. The Labute approximate surface area is 121 Å². The summed E-state index contributed by atoms with van der Waals surface area (Å²) in [5, 5.41) is 3.66. The zero-order valence-electron chi connectivity index (χ0n) is 12.0. The third-order valence-corrected chi connectivity index (χ3v) is 4.13. The molecule has 1 N–H and O–H groups in total. The number of hydrogen-bond donors (Lipinski definition) is 1. The van der Waals surface area contributed by atoms with E-state index in [1.165, 1.54) is 11.1 Å². The van der Waals surface area contributed by atoms with E-state index in [0.29, 0.717) is 12.1 Å². The normalized spacial score (nSPS) is 23.6. The Hall–Kier alpha value is -1.64.